The third-order valence-corrected chi connectivity index (χ3v) is 4.25. The number of aryl methyl sites for hydroxylation is 1. The molecule has 1 aromatic heterocycles. The number of aromatic nitrogens is 2. The number of likely N-dealkylation sites (tertiary alicyclic amines) is 1. The fourth-order valence-electron chi connectivity index (χ4n) is 3.24. The third kappa shape index (κ3) is 3.53. The van der Waals surface area contributed by atoms with Crippen LogP contribution in [0.2, 0.25) is 0 Å². The van der Waals surface area contributed by atoms with Gasteiger partial charge in [-0.3, -0.25) is 9.58 Å². The minimum absolute atomic E-state index is 0.218. The Bertz CT molecular complexity index is 618. The van der Waals surface area contributed by atoms with Crippen molar-refractivity contribution in [1.82, 2.24) is 14.7 Å². The molecule has 0 aliphatic carbocycles. The predicted molar refractivity (Wildman–Crippen MR) is 81.2 cm³/mol. The number of hydrogen-bond donors (Lipinski definition) is 0. The van der Waals surface area contributed by atoms with Gasteiger partial charge in [0.15, 0.2) is 0 Å². The van der Waals surface area contributed by atoms with Crippen molar-refractivity contribution >= 4 is 0 Å². The minimum atomic E-state index is -0.515. The first kappa shape index (κ1) is 15.2. The van der Waals surface area contributed by atoms with Crippen molar-refractivity contribution in [2.24, 2.45) is 7.05 Å². The van der Waals surface area contributed by atoms with E-state index in [4.69, 9.17) is 0 Å². The quantitative estimate of drug-likeness (QED) is 0.859. The summed E-state index contributed by atoms with van der Waals surface area (Å²) in [5.41, 5.74) is 1.72. The van der Waals surface area contributed by atoms with Crippen molar-refractivity contribution in [2.45, 2.75) is 38.3 Å². The van der Waals surface area contributed by atoms with Crippen LogP contribution in [0.3, 0.4) is 0 Å². The SMILES string of the molecule is Cn1ccc([C@H]2CCCCCN2Cc2cc(F)cc(F)c2)n1. The highest BCUT2D eigenvalue weighted by Crippen LogP contribution is 2.30. The van der Waals surface area contributed by atoms with Gasteiger partial charge in [0.05, 0.1) is 11.7 Å². The molecule has 2 heterocycles. The summed E-state index contributed by atoms with van der Waals surface area (Å²) < 4.78 is 28.6. The van der Waals surface area contributed by atoms with E-state index < -0.39 is 11.6 Å². The van der Waals surface area contributed by atoms with E-state index in [2.05, 4.69) is 10.00 Å². The van der Waals surface area contributed by atoms with Crippen LogP contribution in [0.1, 0.15) is 43.0 Å². The Labute approximate surface area is 129 Å². The monoisotopic (exact) mass is 305 g/mol. The van der Waals surface area contributed by atoms with Gasteiger partial charge >= 0.3 is 0 Å². The molecule has 1 atom stereocenters. The number of rotatable bonds is 3. The van der Waals surface area contributed by atoms with Gasteiger partial charge < -0.3 is 0 Å². The molecule has 3 nitrogen and oxygen atoms in total. The average molecular weight is 305 g/mol. The first-order valence-corrected chi connectivity index (χ1v) is 7.80. The normalized spacial score (nSPS) is 20.0. The number of halogens is 2. The van der Waals surface area contributed by atoms with E-state index in [0.29, 0.717) is 12.1 Å². The Hall–Kier alpha value is -1.75. The van der Waals surface area contributed by atoms with Crippen LogP contribution in [0.15, 0.2) is 30.5 Å². The lowest BCUT2D eigenvalue weighted by atomic mass is 10.1. The lowest BCUT2D eigenvalue weighted by molar-refractivity contribution is 0.187. The molecule has 0 spiro atoms. The zero-order valence-corrected chi connectivity index (χ0v) is 12.8. The third-order valence-electron chi connectivity index (χ3n) is 4.25. The molecule has 0 saturated carbocycles. The summed E-state index contributed by atoms with van der Waals surface area (Å²) in [5.74, 6) is -1.03. The van der Waals surface area contributed by atoms with Gasteiger partial charge in [0.25, 0.3) is 0 Å². The van der Waals surface area contributed by atoms with Crippen molar-refractivity contribution in [3.8, 4) is 0 Å². The molecule has 1 fully saturated rings. The van der Waals surface area contributed by atoms with Crippen LogP contribution in [0.4, 0.5) is 8.78 Å². The van der Waals surface area contributed by atoms with Crippen LogP contribution in [0.25, 0.3) is 0 Å². The second-order valence-corrected chi connectivity index (χ2v) is 6.03. The summed E-state index contributed by atoms with van der Waals surface area (Å²) in [6.45, 7) is 1.48. The smallest absolute Gasteiger partial charge is 0.126 e. The van der Waals surface area contributed by atoms with Crippen molar-refractivity contribution < 1.29 is 8.78 Å². The van der Waals surface area contributed by atoms with Gasteiger partial charge in [-0.2, -0.15) is 5.10 Å². The molecular formula is C17H21F2N3. The van der Waals surface area contributed by atoms with Gasteiger partial charge in [-0.05, 0) is 43.1 Å². The first-order valence-electron chi connectivity index (χ1n) is 7.80. The zero-order valence-electron chi connectivity index (χ0n) is 12.8. The van der Waals surface area contributed by atoms with Crippen molar-refractivity contribution in [3.63, 3.8) is 0 Å². The maximum absolute atomic E-state index is 13.4. The van der Waals surface area contributed by atoms with Crippen molar-refractivity contribution in [2.75, 3.05) is 6.54 Å². The molecule has 3 rings (SSSR count). The van der Waals surface area contributed by atoms with Crippen molar-refractivity contribution in [3.05, 3.63) is 53.4 Å². The standard InChI is InChI=1S/C17H21F2N3/c1-21-8-6-16(20-21)17-5-3-2-4-7-22(17)12-13-9-14(18)11-15(19)10-13/h6,8-11,17H,2-5,7,12H2,1H3/t17-/m1/s1. The number of nitrogens with zero attached hydrogens (tertiary/aromatic N) is 3. The molecule has 1 aliphatic heterocycles. The Balaban J connectivity index is 1.84. The fraction of sp³-hybridized carbons (Fsp3) is 0.471. The van der Waals surface area contributed by atoms with Crippen LogP contribution in [-0.4, -0.2) is 21.2 Å². The summed E-state index contributed by atoms with van der Waals surface area (Å²) in [6, 6.07) is 6.01. The van der Waals surface area contributed by atoms with Crippen LogP contribution < -0.4 is 0 Å². The van der Waals surface area contributed by atoms with Crippen molar-refractivity contribution in [1.29, 1.82) is 0 Å². The molecule has 22 heavy (non-hydrogen) atoms. The van der Waals surface area contributed by atoms with Gasteiger partial charge in [0, 0.05) is 25.9 Å². The molecule has 0 bridgehead atoms. The van der Waals surface area contributed by atoms with Gasteiger partial charge in [-0.1, -0.05) is 12.8 Å². The Morgan fingerprint density at radius 3 is 2.59 bits per heavy atom. The second-order valence-electron chi connectivity index (χ2n) is 6.03. The molecule has 0 amide bonds. The highest BCUT2D eigenvalue weighted by atomic mass is 19.1. The molecule has 1 saturated heterocycles. The van der Waals surface area contributed by atoms with Gasteiger partial charge in [0.2, 0.25) is 0 Å². The molecular weight excluding hydrogens is 284 g/mol. The zero-order chi connectivity index (χ0) is 15.5. The van der Waals surface area contributed by atoms with Gasteiger partial charge in [0.1, 0.15) is 11.6 Å². The second kappa shape index (κ2) is 6.57. The highest BCUT2D eigenvalue weighted by Gasteiger charge is 2.24. The maximum atomic E-state index is 13.4. The molecule has 118 valence electrons. The van der Waals surface area contributed by atoms with Crippen LogP contribution in [0.5, 0.6) is 0 Å². The molecule has 0 radical (unpaired) electrons. The van der Waals surface area contributed by atoms with E-state index in [-0.39, 0.29) is 6.04 Å². The van der Waals surface area contributed by atoms with Crippen LogP contribution in [-0.2, 0) is 13.6 Å². The fourth-order valence-corrected chi connectivity index (χ4v) is 3.24. The number of hydrogen-bond acceptors (Lipinski definition) is 2. The maximum Gasteiger partial charge on any atom is 0.126 e. The first-order chi connectivity index (χ1) is 10.6. The largest absolute Gasteiger partial charge is 0.290 e. The minimum Gasteiger partial charge on any atom is -0.290 e. The Kier molecular flexibility index (Phi) is 4.52. The lowest BCUT2D eigenvalue weighted by Crippen LogP contribution is -2.28. The summed E-state index contributed by atoms with van der Waals surface area (Å²) >= 11 is 0. The topological polar surface area (TPSA) is 21.1 Å². The van der Waals surface area contributed by atoms with E-state index in [9.17, 15) is 8.78 Å². The predicted octanol–water partition coefficient (Wildman–Crippen LogP) is 3.82. The summed E-state index contributed by atoms with van der Waals surface area (Å²) in [6.07, 6.45) is 6.45. The molecule has 0 unspecified atom stereocenters. The molecule has 1 aliphatic rings. The van der Waals surface area contributed by atoms with Crippen LogP contribution in [0, 0.1) is 11.6 Å². The van der Waals surface area contributed by atoms with Crippen LogP contribution >= 0.6 is 0 Å². The highest BCUT2D eigenvalue weighted by molar-refractivity contribution is 5.18. The van der Waals surface area contributed by atoms with Gasteiger partial charge in [-0.25, -0.2) is 8.78 Å². The molecule has 5 heteroatoms. The van der Waals surface area contributed by atoms with Gasteiger partial charge in [-0.15, -0.1) is 0 Å². The summed E-state index contributed by atoms with van der Waals surface area (Å²) in [5, 5.41) is 4.53. The van der Waals surface area contributed by atoms with E-state index in [1.54, 1.807) is 4.68 Å². The molecule has 2 aromatic rings. The Morgan fingerprint density at radius 1 is 1.14 bits per heavy atom. The van der Waals surface area contributed by atoms with E-state index in [0.717, 1.165) is 37.6 Å². The summed E-state index contributed by atoms with van der Waals surface area (Å²) in [7, 11) is 1.91. The Morgan fingerprint density at radius 2 is 1.91 bits per heavy atom. The van der Waals surface area contributed by atoms with E-state index in [1.807, 2.05) is 19.3 Å². The molecule has 0 N–H and O–H groups in total. The lowest BCUT2D eigenvalue weighted by Gasteiger charge is -2.28. The molecule has 1 aromatic carbocycles. The average Bonchev–Trinajstić information content (AvgIpc) is 2.74. The van der Waals surface area contributed by atoms with E-state index in [1.165, 1.54) is 18.6 Å². The van der Waals surface area contributed by atoms with E-state index >= 15 is 0 Å². The number of benzene rings is 1. The summed E-state index contributed by atoms with van der Waals surface area (Å²) in [4.78, 5) is 2.30.